The largest absolute Gasteiger partial charge is 0.508 e. The van der Waals surface area contributed by atoms with Gasteiger partial charge < -0.3 is 15.3 Å². The molecule has 0 spiro atoms. The van der Waals surface area contributed by atoms with Crippen LogP contribution in [0, 0.1) is 35.0 Å². The summed E-state index contributed by atoms with van der Waals surface area (Å²) < 4.78 is 0. The van der Waals surface area contributed by atoms with Crippen LogP contribution in [0.5, 0.6) is 5.75 Å². The standard InChI is InChI=1S/C21H26O3/c1-3-4-13-11-21(2)17(10-18(23)20(21)24)16-7-5-12-9-14(22)6-8-15(12)19(13)16/h6,8-9,13,16-20,22-24H,5,7,10-11H2,1-2H3/t13-,16-,17-,18+,19+,20-,21-/m0/s1. The lowest BCUT2D eigenvalue weighted by Gasteiger charge is -2.52. The number of hydrogen-bond acceptors (Lipinski definition) is 3. The molecule has 3 heteroatoms. The Balaban J connectivity index is 1.81. The average Bonchev–Trinajstić information content (AvgIpc) is 2.78. The Bertz CT molecular complexity index is 716. The minimum atomic E-state index is -0.647. The van der Waals surface area contributed by atoms with Gasteiger partial charge in [-0.2, -0.15) is 0 Å². The van der Waals surface area contributed by atoms with Crippen LogP contribution in [0.2, 0.25) is 0 Å². The zero-order valence-electron chi connectivity index (χ0n) is 14.4. The maximum Gasteiger partial charge on any atom is 0.115 e. The van der Waals surface area contributed by atoms with Gasteiger partial charge in [-0.1, -0.05) is 18.9 Å². The minimum Gasteiger partial charge on any atom is -0.508 e. The number of benzene rings is 1. The topological polar surface area (TPSA) is 60.7 Å². The Labute approximate surface area is 143 Å². The molecule has 0 saturated heterocycles. The highest BCUT2D eigenvalue weighted by atomic mass is 16.3. The lowest BCUT2D eigenvalue weighted by atomic mass is 9.52. The van der Waals surface area contributed by atoms with Crippen molar-refractivity contribution in [2.24, 2.45) is 23.2 Å². The minimum absolute atomic E-state index is 0.199. The van der Waals surface area contributed by atoms with Crippen molar-refractivity contribution in [3.8, 4) is 17.6 Å². The van der Waals surface area contributed by atoms with E-state index in [1.807, 2.05) is 13.0 Å². The lowest BCUT2D eigenvalue weighted by molar-refractivity contribution is -0.0600. The van der Waals surface area contributed by atoms with Crippen molar-refractivity contribution < 1.29 is 15.3 Å². The van der Waals surface area contributed by atoms with Crippen LogP contribution in [0.15, 0.2) is 18.2 Å². The summed E-state index contributed by atoms with van der Waals surface area (Å²) >= 11 is 0. The van der Waals surface area contributed by atoms with Gasteiger partial charge in [0.2, 0.25) is 0 Å². The van der Waals surface area contributed by atoms with Crippen molar-refractivity contribution in [3.63, 3.8) is 0 Å². The summed E-state index contributed by atoms with van der Waals surface area (Å²) in [5.74, 6) is 8.15. The molecule has 0 heterocycles. The van der Waals surface area contributed by atoms with Gasteiger partial charge in [-0.25, -0.2) is 0 Å². The molecule has 1 aromatic carbocycles. The molecular formula is C21H26O3. The first-order valence-electron chi connectivity index (χ1n) is 9.06. The third-order valence-corrected chi connectivity index (χ3v) is 7.02. The van der Waals surface area contributed by atoms with E-state index in [1.165, 1.54) is 11.1 Å². The third kappa shape index (κ3) is 2.13. The molecule has 0 unspecified atom stereocenters. The van der Waals surface area contributed by atoms with Crippen LogP contribution < -0.4 is 0 Å². The van der Waals surface area contributed by atoms with Crippen LogP contribution in [0.25, 0.3) is 0 Å². The molecule has 3 aliphatic carbocycles. The van der Waals surface area contributed by atoms with Gasteiger partial charge in [-0.15, -0.1) is 5.92 Å². The summed E-state index contributed by atoms with van der Waals surface area (Å²) in [6.07, 6.45) is 2.26. The zero-order valence-corrected chi connectivity index (χ0v) is 14.4. The Hall–Kier alpha value is -1.50. The first kappa shape index (κ1) is 16.0. The molecular weight excluding hydrogens is 300 g/mol. The third-order valence-electron chi connectivity index (χ3n) is 7.02. The van der Waals surface area contributed by atoms with Crippen molar-refractivity contribution in [1.82, 2.24) is 0 Å². The van der Waals surface area contributed by atoms with Crippen LogP contribution in [-0.2, 0) is 6.42 Å². The molecule has 3 N–H and O–H groups in total. The first-order valence-corrected chi connectivity index (χ1v) is 9.06. The number of fused-ring (bicyclic) bond motifs is 5. The molecule has 0 radical (unpaired) electrons. The summed E-state index contributed by atoms with van der Waals surface area (Å²) in [6.45, 7) is 4.02. The number of phenols is 1. The number of phenolic OH excluding ortho intramolecular Hbond substituents is 1. The number of aliphatic hydroxyl groups is 2. The number of hydrogen-bond donors (Lipinski definition) is 3. The van der Waals surface area contributed by atoms with Crippen molar-refractivity contribution in [3.05, 3.63) is 29.3 Å². The molecule has 2 fully saturated rings. The van der Waals surface area contributed by atoms with Crippen molar-refractivity contribution >= 4 is 0 Å². The predicted molar refractivity (Wildman–Crippen MR) is 92.4 cm³/mol. The normalized spacial score (nSPS) is 43.2. The second-order valence-electron chi connectivity index (χ2n) is 8.18. The van der Waals surface area contributed by atoms with Gasteiger partial charge in [0, 0.05) is 17.3 Å². The van der Waals surface area contributed by atoms with E-state index in [4.69, 9.17) is 0 Å². The number of aromatic hydroxyl groups is 1. The van der Waals surface area contributed by atoms with E-state index in [1.54, 1.807) is 6.07 Å². The van der Waals surface area contributed by atoms with Gasteiger partial charge in [0.25, 0.3) is 0 Å². The Kier molecular flexibility index (Phi) is 3.67. The summed E-state index contributed by atoms with van der Waals surface area (Å²) in [7, 11) is 0. The number of aliphatic hydroxyl groups excluding tert-OH is 2. The second-order valence-corrected chi connectivity index (χ2v) is 8.18. The molecule has 0 aliphatic heterocycles. The van der Waals surface area contributed by atoms with Gasteiger partial charge in [-0.05, 0) is 67.7 Å². The second kappa shape index (κ2) is 5.51. The van der Waals surface area contributed by atoms with Crippen LogP contribution in [0.1, 0.15) is 50.2 Å². The highest BCUT2D eigenvalue weighted by molar-refractivity contribution is 5.42. The van der Waals surface area contributed by atoms with Crippen molar-refractivity contribution in [1.29, 1.82) is 0 Å². The molecule has 2 saturated carbocycles. The Morgan fingerprint density at radius 3 is 2.79 bits per heavy atom. The molecule has 4 rings (SSSR count). The van der Waals surface area contributed by atoms with E-state index in [-0.39, 0.29) is 11.3 Å². The molecule has 128 valence electrons. The summed E-state index contributed by atoms with van der Waals surface area (Å²) in [4.78, 5) is 0. The molecule has 3 nitrogen and oxygen atoms in total. The molecule has 3 aliphatic rings. The summed E-state index contributed by atoms with van der Waals surface area (Å²) in [5.41, 5.74) is 2.31. The lowest BCUT2D eigenvalue weighted by Crippen LogP contribution is -2.48. The average molecular weight is 326 g/mol. The molecule has 0 bridgehead atoms. The maximum atomic E-state index is 10.6. The van der Waals surface area contributed by atoms with Crippen LogP contribution in [-0.4, -0.2) is 27.5 Å². The van der Waals surface area contributed by atoms with Gasteiger partial charge in [0.15, 0.2) is 0 Å². The van der Waals surface area contributed by atoms with Crippen LogP contribution in [0.3, 0.4) is 0 Å². The molecule has 1 aromatic rings. The van der Waals surface area contributed by atoms with Crippen LogP contribution in [0.4, 0.5) is 0 Å². The predicted octanol–water partition coefficient (Wildman–Crippen LogP) is 2.83. The number of aryl methyl sites for hydroxylation is 1. The quantitative estimate of drug-likeness (QED) is 0.643. The van der Waals surface area contributed by atoms with E-state index in [2.05, 4.69) is 24.8 Å². The van der Waals surface area contributed by atoms with E-state index in [0.29, 0.717) is 29.9 Å². The fourth-order valence-corrected chi connectivity index (χ4v) is 6.01. The molecule has 7 atom stereocenters. The Morgan fingerprint density at radius 2 is 2.04 bits per heavy atom. The number of rotatable bonds is 0. The van der Waals surface area contributed by atoms with Gasteiger partial charge in [-0.3, -0.25) is 0 Å². The highest BCUT2D eigenvalue weighted by Gasteiger charge is 2.60. The van der Waals surface area contributed by atoms with Gasteiger partial charge >= 0.3 is 0 Å². The Morgan fingerprint density at radius 1 is 1.25 bits per heavy atom. The van der Waals surface area contributed by atoms with Crippen molar-refractivity contribution in [2.75, 3.05) is 0 Å². The smallest absolute Gasteiger partial charge is 0.115 e. The highest BCUT2D eigenvalue weighted by Crippen LogP contribution is 2.62. The fourth-order valence-electron chi connectivity index (χ4n) is 6.01. The monoisotopic (exact) mass is 326 g/mol. The fraction of sp³-hybridized carbons (Fsp3) is 0.619. The van der Waals surface area contributed by atoms with Crippen LogP contribution >= 0.6 is 0 Å². The molecule has 24 heavy (non-hydrogen) atoms. The van der Waals surface area contributed by atoms with Gasteiger partial charge in [0.05, 0.1) is 12.2 Å². The SMILES string of the molecule is CC#C[C@H]1C[C@]2(C)[C@@H](O)[C@H](O)C[C@H]2[C@@H]2CCc3cc(O)ccc3[C@H]21. The molecule has 0 aromatic heterocycles. The zero-order chi connectivity index (χ0) is 17.1. The van der Waals surface area contributed by atoms with Gasteiger partial charge in [0.1, 0.15) is 5.75 Å². The van der Waals surface area contributed by atoms with Crippen molar-refractivity contribution in [2.45, 2.75) is 57.7 Å². The summed E-state index contributed by atoms with van der Waals surface area (Å²) in [6, 6.07) is 5.74. The van der Waals surface area contributed by atoms with E-state index >= 15 is 0 Å². The molecule has 0 amide bonds. The van der Waals surface area contributed by atoms with E-state index < -0.39 is 12.2 Å². The maximum absolute atomic E-state index is 10.6. The van der Waals surface area contributed by atoms with E-state index in [9.17, 15) is 15.3 Å². The first-order chi connectivity index (χ1) is 11.5. The van der Waals surface area contributed by atoms with E-state index in [0.717, 1.165) is 19.3 Å². The summed E-state index contributed by atoms with van der Waals surface area (Å²) in [5, 5.41) is 30.8.